The highest BCUT2D eigenvalue weighted by molar-refractivity contribution is 5.97. The third kappa shape index (κ3) is 4.43. The van der Waals surface area contributed by atoms with Gasteiger partial charge < -0.3 is 4.74 Å². The highest BCUT2D eigenvalue weighted by Crippen LogP contribution is 2.20. The fourth-order valence-corrected chi connectivity index (χ4v) is 1.90. The third-order valence-corrected chi connectivity index (χ3v) is 2.64. The minimum Gasteiger partial charge on any atom is -0.435 e. The monoisotopic (exact) mass is 256 g/mol. The lowest BCUT2D eigenvalue weighted by Crippen LogP contribution is -2.13. The molecule has 1 aromatic carbocycles. The Labute approximate surface area is 106 Å². The van der Waals surface area contributed by atoms with E-state index in [9.17, 15) is 13.6 Å². The minimum atomic E-state index is -2.84. The summed E-state index contributed by atoms with van der Waals surface area (Å²) in [6.07, 6.45) is 0.814. The van der Waals surface area contributed by atoms with Gasteiger partial charge in [-0.3, -0.25) is 4.79 Å². The third-order valence-electron chi connectivity index (χ3n) is 2.64. The van der Waals surface area contributed by atoms with E-state index in [-0.39, 0.29) is 17.5 Å². The van der Waals surface area contributed by atoms with Crippen LogP contribution in [0.2, 0.25) is 0 Å². The second-order valence-corrected chi connectivity index (χ2v) is 4.80. The zero-order valence-corrected chi connectivity index (χ0v) is 10.8. The van der Waals surface area contributed by atoms with Gasteiger partial charge in [0.2, 0.25) is 0 Å². The number of benzene rings is 1. The first-order chi connectivity index (χ1) is 8.40. The molecule has 0 amide bonds. The van der Waals surface area contributed by atoms with E-state index in [0.717, 1.165) is 6.42 Å². The molecule has 0 radical (unpaired) electrons. The molecule has 0 saturated heterocycles. The number of halogens is 2. The predicted molar refractivity (Wildman–Crippen MR) is 66.0 cm³/mol. The number of hydrogen-bond acceptors (Lipinski definition) is 2. The van der Waals surface area contributed by atoms with Crippen LogP contribution >= 0.6 is 0 Å². The van der Waals surface area contributed by atoms with Gasteiger partial charge >= 0.3 is 6.61 Å². The van der Waals surface area contributed by atoms with Crippen molar-refractivity contribution in [3.63, 3.8) is 0 Å². The highest BCUT2D eigenvalue weighted by atomic mass is 19.3. The van der Waals surface area contributed by atoms with Crippen LogP contribution in [0.1, 0.15) is 37.6 Å². The molecule has 1 aromatic rings. The maximum Gasteiger partial charge on any atom is 0.387 e. The number of ketones is 1. The average Bonchev–Trinajstić information content (AvgIpc) is 2.27. The number of hydrogen-bond donors (Lipinski definition) is 0. The zero-order valence-electron chi connectivity index (χ0n) is 10.8. The predicted octanol–water partition coefficient (Wildman–Crippen LogP) is 4.15. The van der Waals surface area contributed by atoms with Crippen LogP contribution in [-0.2, 0) is 0 Å². The molecule has 0 aliphatic rings. The summed E-state index contributed by atoms with van der Waals surface area (Å²) < 4.78 is 28.2. The molecule has 0 N–H and O–H groups in total. The Morgan fingerprint density at radius 3 is 2.17 bits per heavy atom. The smallest absolute Gasteiger partial charge is 0.387 e. The van der Waals surface area contributed by atoms with Gasteiger partial charge in [0.15, 0.2) is 5.78 Å². The summed E-state index contributed by atoms with van der Waals surface area (Å²) in [6.45, 7) is 3.16. The van der Waals surface area contributed by atoms with Crippen LogP contribution in [0.5, 0.6) is 5.75 Å². The number of rotatable bonds is 6. The summed E-state index contributed by atoms with van der Waals surface area (Å²) in [5.41, 5.74) is 0.532. The molecule has 100 valence electrons. The maximum atomic E-state index is 12.0. The Morgan fingerprint density at radius 1 is 1.17 bits per heavy atom. The quantitative estimate of drug-likeness (QED) is 0.714. The molecular formula is C14H18F2O2. The number of ether oxygens (including phenoxy) is 1. The van der Waals surface area contributed by atoms with Crippen molar-refractivity contribution >= 4 is 5.78 Å². The van der Waals surface area contributed by atoms with Gasteiger partial charge in [-0.05, 0) is 36.6 Å². The minimum absolute atomic E-state index is 0.0345. The molecule has 1 atom stereocenters. The second kappa shape index (κ2) is 6.47. The lowest BCUT2D eigenvalue weighted by Gasteiger charge is -2.13. The van der Waals surface area contributed by atoms with Crippen molar-refractivity contribution in [2.45, 2.75) is 33.8 Å². The van der Waals surface area contributed by atoms with Gasteiger partial charge in [-0.1, -0.05) is 20.8 Å². The topological polar surface area (TPSA) is 26.3 Å². The molecular weight excluding hydrogens is 238 g/mol. The van der Waals surface area contributed by atoms with E-state index in [2.05, 4.69) is 18.6 Å². The number of Topliss-reactive ketones (excluding diaryl/α,β-unsaturated/α-hetero) is 1. The van der Waals surface area contributed by atoms with Crippen LogP contribution in [0.25, 0.3) is 0 Å². The molecule has 0 saturated carbocycles. The zero-order chi connectivity index (χ0) is 13.7. The first-order valence-corrected chi connectivity index (χ1v) is 5.99. The first kappa shape index (κ1) is 14.6. The molecule has 0 aliphatic carbocycles. The maximum absolute atomic E-state index is 12.0. The number of carbonyl (C=O) groups is 1. The van der Waals surface area contributed by atoms with Gasteiger partial charge in [0, 0.05) is 11.5 Å². The fraction of sp³-hybridized carbons (Fsp3) is 0.500. The highest BCUT2D eigenvalue weighted by Gasteiger charge is 2.16. The summed E-state index contributed by atoms with van der Waals surface area (Å²) in [5, 5.41) is 0. The molecule has 0 spiro atoms. The Morgan fingerprint density at radius 2 is 1.72 bits per heavy atom. The van der Waals surface area contributed by atoms with Gasteiger partial charge in [-0.2, -0.15) is 8.78 Å². The lowest BCUT2D eigenvalue weighted by molar-refractivity contribution is -0.0498. The molecule has 1 unspecified atom stereocenters. The Bertz CT molecular complexity index is 385. The Kier molecular flexibility index (Phi) is 5.25. The van der Waals surface area contributed by atoms with Gasteiger partial charge in [0.25, 0.3) is 0 Å². The standard InChI is InChI=1S/C14H18F2O2/c1-9(2)8-10(3)13(17)11-4-6-12(7-5-11)18-14(15)16/h4-7,9-10,14H,8H2,1-3H3. The molecule has 18 heavy (non-hydrogen) atoms. The molecule has 1 rings (SSSR count). The van der Waals surface area contributed by atoms with Crippen LogP contribution < -0.4 is 4.74 Å². The van der Waals surface area contributed by atoms with Crippen molar-refractivity contribution in [3.05, 3.63) is 29.8 Å². The SMILES string of the molecule is CC(C)CC(C)C(=O)c1ccc(OC(F)F)cc1. The molecule has 0 bridgehead atoms. The van der Waals surface area contributed by atoms with E-state index in [1.807, 2.05) is 6.92 Å². The lowest BCUT2D eigenvalue weighted by atomic mass is 9.91. The number of alkyl halides is 2. The van der Waals surface area contributed by atoms with Crippen LogP contribution in [0.15, 0.2) is 24.3 Å². The van der Waals surface area contributed by atoms with Crippen molar-refractivity contribution in [1.82, 2.24) is 0 Å². The summed E-state index contributed by atoms with van der Waals surface area (Å²) >= 11 is 0. The van der Waals surface area contributed by atoms with E-state index in [4.69, 9.17) is 0 Å². The van der Waals surface area contributed by atoms with Crippen LogP contribution in [-0.4, -0.2) is 12.4 Å². The van der Waals surface area contributed by atoms with Crippen molar-refractivity contribution in [2.75, 3.05) is 0 Å². The Hall–Kier alpha value is -1.45. The normalized spacial score (nSPS) is 12.8. The molecule has 4 heteroatoms. The summed E-state index contributed by atoms with van der Waals surface area (Å²) in [6, 6.07) is 5.83. The average molecular weight is 256 g/mol. The van der Waals surface area contributed by atoms with Crippen molar-refractivity contribution in [1.29, 1.82) is 0 Å². The fourth-order valence-electron chi connectivity index (χ4n) is 1.90. The van der Waals surface area contributed by atoms with Gasteiger partial charge in [0.1, 0.15) is 5.75 Å². The molecule has 2 nitrogen and oxygen atoms in total. The molecule has 0 fully saturated rings. The van der Waals surface area contributed by atoms with Gasteiger partial charge in [0.05, 0.1) is 0 Å². The first-order valence-electron chi connectivity index (χ1n) is 5.99. The van der Waals surface area contributed by atoms with Crippen molar-refractivity contribution in [2.24, 2.45) is 11.8 Å². The van der Waals surface area contributed by atoms with E-state index >= 15 is 0 Å². The van der Waals surface area contributed by atoms with Gasteiger partial charge in [-0.15, -0.1) is 0 Å². The van der Waals surface area contributed by atoms with Crippen molar-refractivity contribution in [3.8, 4) is 5.75 Å². The molecule has 0 aliphatic heterocycles. The largest absolute Gasteiger partial charge is 0.435 e. The molecule has 0 heterocycles. The van der Waals surface area contributed by atoms with Gasteiger partial charge in [-0.25, -0.2) is 0 Å². The van der Waals surface area contributed by atoms with E-state index in [1.165, 1.54) is 24.3 Å². The summed E-state index contributed by atoms with van der Waals surface area (Å²) in [4.78, 5) is 12.0. The van der Waals surface area contributed by atoms with Crippen LogP contribution in [0.4, 0.5) is 8.78 Å². The van der Waals surface area contributed by atoms with Crippen LogP contribution in [0, 0.1) is 11.8 Å². The second-order valence-electron chi connectivity index (χ2n) is 4.80. The van der Waals surface area contributed by atoms with Crippen molar-refractivity contribution < 1.29 is 18.3 Å². The van der Waals surface area contributed by atoms with E-state index in [1.54, 1.807) is 0 Å². The summed E-state index contributed by atoms with van der Waals surface area (Å²) in [5.74, 6) is 0.489. The van der Waals surface area contributed by atoms with Crippen LogP contribution in [0.3, 0.4) is 0 Å². The van der Waals surface area contributed by atoms with E-state index < -0.39 is 6.61 Å². The van der Waals surface area contributed by atoms with E-state index in [0.29, 0.717) is 11.5 Å². The molecule has 0 aromatic heterocycles. The Balaban J connectivity index is 2.69. The summed E-state index contributed by atoms with van der Waals surface area (Å²) in [7, 11) is 0. The number of carbonyl (C=O) groups excluding carboxylic acids is 1.